The standard InChI is InChI=1S/C10H22O2/c1-5-6-7-8-12-9(11)10(2,3)4/h9,11H,5-8H2,1-4H3. The molecule has 0 fully saturated rings. The Hall–Kier alpha value is -0.0800. The van der Waals surface area contributed by atoms with E-state index in [0.717, 1.165) is 6.42 Å². The fourth-order valence-corrected chi connectivity index (χ4v) is 0.797. The van der Waals surface area contributed by atoms with Gasteiger partial charge in [-0.15, -0.1) is 0 Å². The maximum atomic E-state index is 9.46. The Labute approximate surface area is 75.9 Å². The molecule has 0 saturated carbocycles. The van der Waals surface area contributed by atoms with Gasteiger partial charge in [0, 0.05) is 12.0 Å². The van der Waals surface area contributed by atoms with Crippen molar-refractivity contribution in [2.75, 3.05) is 6.61 Å². The van der Waals surface area contributed by atoms with E-state index < -0.39 is 6.29 Å². The Morgan fingerprint density at radius 3 is 2.25 bits per heavy atom. The maximum absolute atomic E-state index is 9.46. The van der Waals surface area contributed by atoms with Gasteiger partial charge in [0.2, 0.25) is 0 Å². The molecule has 1 atom stereocenters. The summed E-state index contributed by atoms with van der Waals surface area (Å²) in [5.41, 5.74) is -0.161. The Balaban J connectivity index is 3.38. The number of unbranched alkanes of at least 4 members (excludes halogenated alkanes) is 2. The zero-order valence-electron chi connectivity index (χ0n) is 8.76. The molecular formula is C10H22O2. The molecule has 74 valence electrons. The molecule has 0 aromatic rings. The lowest BCUT2D eigenvalue weighted by Crippen LogP contribution is -2.29. The highest BCUT2D eigenvalue weighted by molar-refractivity contribution is 4.64. The summed E-state index contributed by atoms with van der Waals surface area (Å²) < 4.78 is 5.26. The van der Waals surface area contributed by atoms with E-state index in [9.17, 15) is 5.11 Å². The minimum Gasteiger partial charge on any atom is -0.368 e. The number of aliphatic hydroxyl groups is 1. The highest BCUT2D eigenvalue weighted by atomic mass is 16.6. The number of aliphatic hydroxyl groups excluding tert-OH is 1. The van der Waals surface area contributed by atoms with Crippen LogP contribution in [-0.4, -0.2) is 18.0 Å². The molecule has 2 nitrogen and oxygen atoms in total. The predicted molar refractivity (Wildman–Crippen MR) is 50.9 cm³/mol. The van der Waals surface area contributed by atoms with Crippen LogP contribution in [0, 0.1) is 5.41 Å². The van der Waals surface area contributed by atoms with E-state index in [4.69, 9.17) is 4.74 Å². The van der Waals surface area contributed by atoms with Gasteiger partial charge in [-0.25, -0.2) is 0 Å². The first kappa shape index (κ1) is 11.9. The van der Waals surface area contributed by atoms with Crippen LogP contribution in [0.3, 0.4) is 0 Å². The van der Waals surface area contributed by atoms with E-state index in [1.165, 1.54) is 12.8 Å². The molecule has 0 aliphatic rings. The molecule has 1 N–H and O–H groups in total. The summed E-state index contributed by atoms with van der Waals surface area (Å²) in [6.45, 7) is 8.74. The van der Waals surface area contributed by atoms with E-state index in [1.54, 1.807) is 0 Å². The first-order chi connectivity index (χ1) is 5.48. The fourth-order valence-electron chi connectivity index (χ4n) is 0.797. The van der Waals surface area contributed by atoms with Crippen LogP contribution >= 0.6 is 0 Å². The van der Waals surface area contributed by atoms with Crippen molar-refractivity contribution in [1.82, 2.24) is 0 Å². The van der Waals surface area contributed by atoms with Gasteiger partial charge < -0.3 is 9.84 Å². The highest BCUT2D eigenvalue weighted by Crippen LogP contribution is 2.19. The Morgan fingerprint density at radius 2 is 1.83 bits per heavy atom. The topological polar surface area (TPSA) is 29.5 Å². The van der Waals surface area contributed by atoms with E-state index in [0.29, 0.717) is 6.61 Å². The third-order valence-corrected chi connectivity index (χ3v) is 1.76. The third-order valence-electron chi connectivity index (χ3n) is 1.76. The summed E-state index contributed by atoms with van der Waals surface area (Å²) in [7, 11) is 0. The van der Waals surface area contributed by atoms with Crippen molar-refractivity contribution in [2.24, 2.45) is 5.41 Å². The second-order valence-electron chi connectivity index (χ2n) is 4.30. The second-order valence-corrected chi connectivity index (χ2v) is 4.30. The van der Waals surface area contributed by atoms with Crippen LogP contribution in [0.1, 0.15) is 47.0 Å². The van der Waals surface area contributed by atoms with Gasteiger partial charge >= 0.3 is 0 Å². The van der Waals surface area contributed by atoms with E-state index in [1.807, 2.05) is 20.8 Å². The fraction of sp³-hybridized carbons (Fsp3) is 1.00. The summed E-state index contributed by atoms with van der Waals surface area (Å²) in [5, 5.41) is 9.46. The van der Waals surface area contributed by atoms with Gasteiger partial charge in [-0.1, -0.05) is 40.5 Å². The van der Waals surface area contributed by atoms with Crippen molar-refractivity contribution in [3.63, 3.8) is 0 Å². The van der Waals surface area contributed by atoms with Gasteiger partial charge in [-0.05, 0) is 6.42 Å². The van der Waals surface area contributed by atoms with Crippen molar-refractivity contribution in [3.05, 3.63) is 0 Å². The van der Waals surface area contributed by atoms with Crippen molar-refractivity contribution < 1.29 is 9.84 Å². The lowest BCUT2D eigenvalue weighted by molar-refractivity contribution is -0.159. The van der Waals surface area contributed by atoms with Crippen LogP contribution in [0.15, 0.2) is 0 Å². The molecule has 0 saturated heterocycles. The monoisotopic (exact) mass is 174 g/mol. The van der Waals surface area contributed by atoms with Crippen LogP contribution in [0.5, 0.6) is 0 Å². The zero-order valence-corrected chi connectivity index (χ0v) is 8.76. The minimum atomic E-state index is -0.630. The molecule has 0 radical (unpaired) electrons. The summed E-state index contributed by atoms with van der Waals surface area (Å²) in [5.74, 6) is 0. The minimum absolute atomic E-state index is 0.161. The van der Waals surface area contributed by atoms with Crippen molar-refractivity contribution >= 4 is 0 Å². The van der Waals surface area contributed by atoms with Gasteiger partial charge in [0.25, 0.3) is 0 Å². The summed E-state index contributed by atoms with van der Waals surface area (Å²) in [6, 6.07) is 0. The van der Waals surface area contributed by atoms with E-state index in [2.05, 4.69) is 6.92 Å². The molecule has 0 heterocycles. The van der Waals surface area contributed by atoms with Gasteiger partial charge in [-0.3, -0.25) is 0 Å². The molecule has 0 bridgehead atoms. The van der Waals surface area contributed by atoms with Crippen molar-refractivity contribution in [1.29, 1.82) is 0 Å². The zero-order chi connectivity index (χ0) is 9.61. The second kappa shape index (κ2) is 5.55. The van der Waals surface area contributed by atoms with Crippen LogP contribution < -0.4 is 0 Å². The van der Waals surface area contributed by atoms with Crippen molar-refractivity contribution in [2.45, 2.75) is 53.2 Å². The normalized spacial score (nSPS) is 14.8. The third kappa shape index (κ3) is 5.56. The lowest BCUT2D eigenvalue weighted by Gasteiger charge is -2.25. The molecule has 0 aliphatic heterocycles. The predicted octanol–water partition coefficient (Wildman–Crippen LogP) is 2.56. The SMILES string of the molecule is CCCCCOC(O)C(C)(C)C. The van der Waals surface area contributed by atoms with Crippen LogP contribution in [0.25, 0.3) is 0 Å². The highest BCUT2D eigenvalue weighted by Gasteiger charge is 2.22. The Morgan fingerprint density at radius 1 is 1.25 bits per heavy atom. The smallest absolute Gasteiger partial charge is 0.159 e. The average Bonchev–Trinajstić information content (AvgIpc) is 1.96. The molecule has 0 aliphatic carbocycles. The van der Waals surface area contributed by atoms with Crippen molar-refractivity contribution in [3.8, 4) is 0 Å². The Bertz CT molecular complexity index is 105. The quantitative estimate of drug-likeness (QED) is 0.512. The molecule has 0 rings (SSSR count). The number of rotatable bonds is 5. The first-order valence-corrected chi connectivity index (χ1v) is 4.78. The number of ether oxygens (including phenoxy) is 1. The molecule has 1 unspecified atom stereocenters. The van der Waals surface area contributed by atoms with Crippen LogP contribution in [-0.2, 0) is 4.74 Å². The molecule has 2 heteroatoms. The van der Waals surface area contributed by atoms with Gasteiger partial charge in [0.1, 0.15) is 0 Å². The summed E-state index contributed by atoms with van der Waals surface area (Å²) in [4.78, 5) is 0. The van der Waals surface area contributed by atoms with Crippen LogP contribution in [0.4, 0.5) is 0 Å². The molecule has 0 aromatic carbocycles. The van der Waals surface area contributed by atoms with Gasteiger partial charge in [-0.2, -0.15) is 0 Å². The molecule has 0 amide bonds. The lowest BCUT2D eigenvalue weighted by atomic mass is 9.96. The largest absolute Gasteiger partial charge is 0.368 e. The first-order valence-electron chi connectivity index (χ1n) is 4.78. The molecular weight excluding hydrogens is 152 g/mol. The molecule has 12 heavy (non-hydrogen) atoms. The maximum Gasteiger partial charge on any atom is 0.159 e. The van der Waals surface area contributed by atoms with Crippen LogP contribution in [0.2, 0.25) is 0 Å². The van der Waals surface area contributed by atoms with E-state index in [-0.39, 0.29) is 5.41 Å². The number of hydrogen-bond donors (Lipinski definition) is 1. The molecule has 0 aromatic heterocycles. The Kier molecular flexibility index (Phi) is 5.51. The average molecular weight is 174 g/mol. The van der Waals surface area contributed by atoms with Gasteiger partial charge in [0.05, 0.1) is 0 Å². The van der Waals surface area contributed by atoms with Gasteiger partial charge in [0.15, 0.2) is 6.29 Å². The summed E-state index contributed by atoms with van der Waals surface area (Å²) in [6.07, 6.45) is 2.78. The van der Waals surface area contributed by atoms with E-state index >= 15 is 0 Å². The summed E-state index contributed by atoms with van der Waals surface area (Å²) >= 11 is 0. The number of hydrogen-bond acceptors (Lipinski definition) is 2. The molecule has 0 spiro atoms.